The molecule has 102 valence electrons. The van der Waals surface area contributed by atoms with Crippen molar-refractivity contribution >= 4 is 33.8 Å². The topological polar surface area (TPSA) is 62.1 Å². The molecule has 0 spiro atoms. The van der Waals surface area contributed by atoms with Crippen molar-refractivity contribution < 1.29 is 9.47 Å². The fourth-order valence-corrected chi connectivity index (χ4v) is 2.82. The summed E-state index contributed by atoms with van der Waals surface area (Å²) in [7, 11) is 0. The molecule has 0 unspecified atom stereocenters. The van der Waals surface area contributed by atoms with Crippen molar-refractivity contribution in [3.8, 4) is 0 Å². The van der Waals surface area contributed by atoms with Crippen molar-refractivity contribution in [1.82, 2.24) is 19.5 Å². The highest BCUT2D eigenvalue weighted by atomic mass is 127. The van der Waals surface area contributed by atoms with Crippen LogP contribution in [0.1, 0.15) is 32.4 Å². The zero-order valence-corrected chi connectivity index (χ0v) is 12.8. The van der Waals surface area contributed by atoms with Gasteiger partial charge in [-0.2, -0.15) is 0 Å². The number of ether oxygens (including phenoxy) is 2. The zero-order valence-electron chi connectivity index (χ0n) is 10.6. The van der Waals surface area contributed by atoms with E-state index in [4.69, 9.17) is 9.47 Å². The number of hydrogen-bond donors (Lipinski definition) is 0. The minimum absolute atomic E-state index is 0.0546. The molecule has 1 fully saturated rings. The van der Waals surface area contributed by atoms with Crippen LogP contribution in [0.25, 0.3) is 11.2 Å². The molecular formula is C12H15IN4O2. The van der Waals surface area contributed by atoms with E-state index in [1.165, 1.54) is 0 Å². The second-order valence-electron chi connectivity index (χ2n) is 4.40. The second kappa shape index (κ2) is 5.68. The van der Waals surface area contributed by atoms with E-state index in [0.29, 0.717) is 6.61 Å². The molecule has 0 amide bonds. The summed E-state index contributed by atoms with van der Waals surface area (Å²) in [6.07, 6.45) is 6.14. The quantitative estimate of drug-likeness (QED) is 0.610. The smallest absolute Gasteiger partial charge is 0.166 e. The molecule has 0 bridgehead atoms. The Balaban J connectivity index is 1.89. The van der Waals surface area contributed by atoms with Crippen molar-refractivity contribution in [2.24, 2.45) is 0 Å². The Labute approximate surface area is 124 Å². The Morgan fingerprint density at radius 2 is 2.32 bits per heavy atom. The summed E-state index contributed by atoms with van der Waals surface area (Å²) in [6.45, 7) is 2.65. The van der Waals surface area contributed by atoms with Gasteiger partial charge in [0, 0.05) is 6.61 Å². The molecule has 1 aliphatic rings. The lowest BCUT2D eigenvalue weighted by Gasteiger charge is -2.30. The van der Waals surface area contributed by atoms with Crippen LogP contribution in [0.3, 0.4) is 0 Å². The maximum atomic E-state index is 5.96. The van der Waals surface area contributed by atoms with E-state index in [-0.39, 0.29) is 12.5 Å². The highest BCUT2D eigenvalue weighted by Crippen LogP contribution is 2.29. The van der Waals surface area contributed by atoms with Crippen LogP contribution in [0.4, 0.5) is 0 Å². The Hall–Kier alpha value is -0.800. The predicted octanol–water partition coefficient (Wildman–Crippen LogP) is 2.49. The van der Waals surface area contributed by atoms with Crippen molar-refractivity contribution in [1.29, 1.82) is 0 Å². The highest BCUT2D eigenvalue weighted by molar-refractivity contribution is 14.1. The van der Waals surface area contributed by atoms with Crippen molar-refractivity contribution in [3.63, 3.8) is 0 Å². The number of halogens is 1. The van der Waals surface area contributed by atoms with E-state index in [0.717, 1.165) is 34.1 Å². The van der Waals surface area contributed by atoms with Gasteiger partial charge in [-0.1, -0.05) is 0 Å². The van der Waals surface area contributed by atoms with Gasteiger partial charge in [-0.05, 0) is 48.8 Å². The zero-order chi connectivity index (χ0) is 13.2. The molecule has 2 aromatic rings. The van der Waals surface area contributed by atoms with Crippen LogP contribution in [0, 0.1) is 3.70 Å². The summed E-state index contributed by atoms with van der Waals surface area (Å²) < 4.78 is 14.4. The molecule has 1 saturated heterocycles. The van der Waals surface area contributed by atoms with Crippen LogP contribution < -0.4 is 0 Å². The van der Waals surface area contributed by atoms with Gasteiger partial charge in [0.1, 0.15) is 21.8 Å². The lowest BCUT2D eigenvalue weighted by molar-refractivity contribution is -0.211. The molecule has 2 aromatic heterocycles. The first-order valence-electron chi connectivity index (χ1n) is 6.39. The van der Waals surface area contributed by atoms with Crippen molar-refractivity contribution in [2.45, 2.75) is 38.7 Å². The average Bonchev–Trinajstić information content (AvgIpc) is 2.85. The van der Waals surface area contributed by atoms with Gasteiger partial charge >= 0.3 is 0 Å². The van der Waals surface area contributed by atoms with Crippen LogP contribution in [-0.2, 0) is 9.47 Å². The van der Waals surface area contributed by atoms with E-state index in [9.17, 15) is 0 Å². The third kappa shape index (κ3) is 2.59. The Bertz CT molecular complexity index is 572. The molecule has 19 heavy (non-hydrogen) atoms. The predicted molar refractivity (Wildman–Crippen MR) is 77.4 cm³/mol. The van der Waals surface area contributed by atoms with Gasteiger partial charge in [0.25, 0.3) is 0 Å². The molecule has 0 aromatic carbocycles. The van der Waals surface area contributed by atoms with Gasteiger partial charge < -0.3 is 9.47 Å². The fraction of sp³-hybridized carbons (Fsp3) is 0.583. The van der Waals surface area contributed by atoms with Gasteiger partial charge in [0.05, 0.1) is 6.33 Å². The maximum absolute atomic E-state index is 5.96. The molecule has 0 saturated carbocycles. The minimum Gasteiger partial charge on any atom is -0.353 e. The lowest BCUT2D eigenvalue weighted by atomic mass is 10.1. The van der Waals surface area contributed by atoms with Gasteiger partial charge in [0.15, 0.2) is 11.9 Å². The maximum Gasteiger partial charge on any atom is 0.166 e. The molecule has 7 heteroatoms. The molecular weight excluding hydrogens is 359 g/mol. The van der Waals surface area contributed by atoms with E-state index in [1.54, 1.807) is 12.7 Å². The molecule has 2 atom stereocenters. The third-order valence-electron chi connectivity index (χ3n) is 3.18. The summed E-state index contributed by atoms with van der Waals surface area (Å²) in [5.41, 5.74) is 1.65. The van der Waals surface area contributed by atoms with E-state index in [1.807, 2.05) is 11.5 Å². The molecule has 3 rings (SSSR count). The van der Waals surface area contributed by atoms with E-state index >= 15 is 0 Å². The van der Waals surface area contributed by atoms with Crippen LogP contribution in [0.2, 0.25) is 0 Å². The summed E-state index contributed by atoms with van der Waals surface area (Å²) in [4.78, 5) is 12.8. The molecule has 0 aliphatic carbocycles. The van der Waals surface area contributed by atoms with Gasteiger partial charge in [-0.25, -0.2) is 15.0 Å². The van der Waals surface area contributed by atoms with Gasteiger partial charge in [-0.15, -0.1) is 0 Å². The molecule has 3 heterocycles. The number of hydrogen-bond acceptors (Lipinski definition) is 5. The lowest BCUT2D eigenvalue weighted by Crippen LogP contribution is -2.28. The second-order valence-corrected chi connectivity index (χ2v) is 5.42. The Morgan fingerprint density at radius 1 is 1.42 bits per heavy atom. The monoisotopic (exact) mass is 374 g/mol. The first-order chi connectivity index (χ1) is 9.29. The summed E-state index contributed by atoms with van der Waals surface area (Å²) in [5.74, 6) is 0. The first kappa shape index (κ1) is 13.2. The number of fused-ring (bicyclic) bond motifs is 1. The molecule has 0 N–H and O–H groups in total. The van der Waals surface area contributed by atoms with Crippen molar-refractivity contribution in [2.75, 3.05) is 6.61 Å². The summed E-state index contributed by atoms with van der Waals surface area (Å²) in [6, 6.07) is 0. The SMILES string of the molecule is CCO[C@@H]1CCC[C@@H](n2cnc3c(I)ncnc32)O1. The van der Waals surface area contributed by atoms with Crippen LogP contribution in [0.5, 0.6) is 0 Å². The highest BCUT2D eigenvalue weighted by Gasteiger charge is 2.25. The molecule has 0 radical (unpaired) electrons. The molecule has 1 aliphatic heterocycles. The number of rotatable bonds is 3. The van der Waals surface area contributed by atoms with E-state index in [2.05, 4.69) is 37.5 Å². The van der Waals surface area contributed by atoms with Gasteiger partial charge in [-0.3, -0.25) is 4.57 Å². The Morgan fingerprint density at radius 3 is 3.16 bits per heavy atom. The van der Waals surface area contributed by atoms with Crippen molar-refractivity contribution in [3.05, 3.63) is 16.4 Å². The van der Waals surface area contributed by atoms with Crippen LogP contribution in [0.15, 0.2) is 12.7 Å². The first-order valence-corrected chi connectivity index (χ1v) is 7.47. The summed E-state index contributed by atoms with van der Waals surface area (Å²) in [5, 5.41) is 0. The number of imidazole rings is 1. The summed E-state index contributed by atoms with van der Waals surface area (Å²) >= 11 is 2.17. The molecule has 6 nitrogen and oxygen atoms in total. The van der Waals surface area contributed by atoms with Gasteiger partial charge in [0.2, 0.25) is 0 Å². The van der Waals surface area contributed by atoms with E-state index < -0.39 is 0 Å². The van der Waals surface area contributed by atoms with Crippen LogP contribution >= 0.6 is 22.6 Å². The minimum atomic E-state index is -0.123. The van der Waals surface area contributed by atoms with Crippen LogP contribution in [-0.4, -0.2) is 32.4 Å². The number of nitrogens with zero attached hydrogens (tertiary/aromatic N) is 4. The average molecular weight is 374 g/mol. The fourth-order valence-electron chi connectivity index (χ4n) is 2.32. The third-order valence-corrected chi connectivity index (χ3v) is 3.97. The standard InChI is InChI=1S/C12H15IN4O2/c1-2-18-9-5-3-4-8(19-9)17-7-16-10-11(13)14-6-15-12(10)17/h6-9H,2-5H2,1H3/t8-,9-/m0/s1. The normalized spacial score (nSPS) is 23.9. The largest absolute Gasteiger partial charge is 0.353 e. The number of aromatic nitrogens is 4. The Kier molecular flexibility index (Phi) is 3.94.